The summed E-state index contributed by atoms with van der Waals surface area (Å²) < 4.78 is 5.51. The molecule has 3 rings (SSSR count). The number of anilines is 1. The van der Waals surface area contributed by atoms with Gasteiger partial charge in [-0.3, -0.25) is 10.2 Å². The van der Waals surface area contributed by atoms with E-state index in [-0.39, 0.29) is 11.5 Å². The highest BCUT2D eigenvalue weighted by Gasteiger charge is 2.39. The number of carbonyl (C=O) groups is 2. The quantitative estimate of drug-likeness (QED) is 0.750. The van der Waals surface area contributed by atoms with E-state index in [4.69, 9.17) is 4.74 Å². The minimum atomic E-state index is -0.911. The van der Waals surface area contributed by atoms with Crippen LogP contribution in [-0.2, 0) is 9.53 Å². The van der Waals surface area contributed by atoms with Gasteiger partial charge < -0.3 is 10.1 Å². The normalized spacial score (nSPS) is 18.7. The van der Waals surface area contributed by atoms with Gasteiger partial charge in [-0.05, 0) is 30.7 Å². The van der Waals surface area contributed by atoms with E-state index in [1.807, 2.05) is 30.3 Å². The molecule has 1 atom stereocenters. The first-order chi connectivity index (χ1) is 12.4. The Balaban J connectivity index is 1.78. The highest BCUT2D eigenvalue weighted by atomic mass is 79.9. The highest BCUT2D eigenvalue weighted by Crippen LogP contribution is 2.26. The molecule has 7 heteroatoms. The molecule has 1 unspecified atom stereocenters. The lowest BCUT2D eigenvalue weighted by Gasteiger charge is -2.23. The van der Waals surface area contributed by atoms with Crippen molar-refractivity contribution < 1.29 is 14.3 Å². The molecular formula is C19H18BrN3O3. The Kier molecular flexibility index (Phi) is 5.08. The zero-order valence-corrected chi connectivity index (χ0v) is 16.0. The first-order valence-corrected chi connectivity index (χ1v) is 8.81. The fourth-order valence-electron chi connectivity index (χ4n) is 2.70. The largest absolute Gasteiger partial charge is 0.465 e. The van der Waals surface area contributed by atoms with Crippen LogP contribution in [-0.4, -0.2) is 30.2 Å². The molecular weight excluding hydrogens is 398 g/mol. The summed E-state index contributed by atoms with van der Waals surface area (Å²) in [7, 11) is 1.30. The maximum atomic E-state index is 12.9. The van der Waals surface area contributed by atoms with E-state index in [2.05, 4.69) is 31.8 Å². The SMILES string of the molecule is COC(=O)c1cc(Br)ccc1NC(=O)C1(C)CC(c2ccccc2)=NN1. The number of carbonyl (C=O) groups excluding carboxylic acids is 2. The molecule has 0 fully saturated rings. The van der Waals surface area contributed by atoms with Gasteiger partial charge in [0.1, 0.15) is 5.54 Å². The van der Waals surface area contributed by atoms with E-state index < -0.39 is 11.5 Å². The maximum Gasteiger partial charge on any atom is 0.340 e. The zero-order chi connectivity index (χ0) is 18.7. The number of nitrogens with zero attached hydrogens (tertiary/aromatic N) is 1. The first kappa shape index (κ1) is 18.1. The van der Waals surface area contributed by atoms with Crippen molar-refractivity contribution in [3.63, 3.8) is 0 Å². The average molecular weight is 416 g/mol. The lowest BCUT2D eigenvalue weighted by atomic mass is 9.93. The molecule has 1 heterocycles. The van der Waals surface area contributed by atoms with Gasteiger partial charge in [-0.15, -0.1) is 0 Å². The second-order valence-corrected chi connectivity index (χ2v) is 7.10. The molecule has 0 spiro atoms. The van der Waals surface area contributed by atoms with Gasteiger partial charge in [-0.2, -0.15) is 5.10 Å². The number of hydrogen-bond donors (Lipinski definition) is 2. The number of nitrogens with one attached hydrogen (secondary N) is 2. The first-order valence-electron chi connectivity index (χ1n) is 8.01. The summed E-state index contributed by atoms with van der Waals surface area (Å²) in [6, 6.07) is 14.7. The predicted octanol–water partition coefficient (Wildman–Crippen LogP) is 3.33. The van der Waals surface area contributed by atoms with Gasteiger partial charge in [-0.25, -0.2) is 4.79 Å². The molecule has 6 nitrogen and oxygen atoms in total. The van der Waals surface area contributed by atoms with Gasteiger partial charge in [-0.1, -0.05) is 46.3 Å². The molecule has 0 bridgehead atoms. The Morgan fingerprint density at radius 1 is 1.23 bits per heavy atom. The molecule has 26 heavy (non-hydrogen) atoms. The van der Waals surface area contributed by atoms with E-state index >= 15 is 0 Å². The van der Waals surface area contributed by atoms with E-state index in [1.54, 1.807) is 25.1 Å². The van der Waals surface area contributed by atoms with Crippen LogP contribution in [0.5, 0.6) is 0 Å². The van der Waals surface area contributed by atoms with Crippen molar-refractivity contribution in [3.05, 3.63) is 64.1 Å². The Morgan fingerprint density at radius 2 is 1.96 bits per heavy atom. The third-order valence-electron chi connectivity index (χ3n) is 4.20. The fourth-order valence-corrected chi connectivity index (χ4v) is 3.06. The van der Waals surface area contributed by atoms with Gasteiger partial charge in [0.05, 0.1) is 24.1 Å². The van der Waals surface area contributed by atoms with Crippen LogP contribution in [0, 0.1) is 0 Å². The third kappa shape index (κ3) is 3.62. The monoisotopic (exact) mass is 415 g/mol. The van der Waals surface area contributed by atoms with Crippen LogP contribution in [0.25, 0.3) is 0 Å². The molecule has 2 N–H and O–H groups in total. The highest BCUT2D eigenvalue weighted by molar-refractivity contribution is 9.10. The average Bonchev–Trinajstić information content (AvgIpc) is 3.07. The van der Waals surface area contributed by atoms with Crippen molar-refractivity contribution in [2.24, 2.45) is 5.10 Å². The van der Waals surface area contributed by atoms with Crippen molar-refractivity contribution >= 4 is 39.2 Å². The minimum absolute atomic E-state index is 0.278. The number of methoxy groups -OCH3 is 1. The van der Waals surface area contributed by atoms with Crippen LogP contribution in [0.1, 0.15) is 29.3 Å². The number of hydrogen-bond acceptors (Lipinski definition) is 5. The van der Waals surface area contributed by atoms with Gasteiger partial charge in [0, 0.05) is 10.9 Å². The maximum absolute atomic E-state index is 12.9. The summed E-state index contributed by atoms with van der Waals surface area (Å²) >= 11 is 3.32. The second kappa shape index (κ2) is 7.29. The number of rotatable bonds is 4. The summed E-state index contributed by atoms with van der Waals surface area (Å²) in [6.45, 7) is 1.78. The Morgan fingerprint density at radius 3 is 2.65 bits per heavy atom. The van der Waals surface area contributed by atoms with Crippen LogP contribution in [0.3, 0.4) is 0 Å². The smallest absolute Gasteiger partial charge is 0.340 e. The molecule has 134 valence electrons. The van der Waals surface area contributed by atoms with E-state index in [9.17, 15) is 9.59 Å². The van der Waals surface area contributed by atoms with E-state index in [0.29, 0.717) is 12.1 Å². The molecule has 0 aliphatic carbocycles. The Bertz CT molecular complexity index is 883. The molecule has 2 aromatic rings. The van der Waals surface area contributed by atoms with Crippen LogP contribution in [0.4, 0.5) is 5.69 Å². The van der Waals surface area contributed by atoms with Crippen molar-refractivity contribution in [3.8, 4) is 0 Å². The fraction of sp³-hybridized carbons (Fsp3) is 0.211. The summed E-state index contributed by atoms with van der Waals surface area (Å²) in [5.74, 6) is -0.799. The van der Waals surface area contributed by atoms with E-state index in [0.717, 1.165) is 15.7 Å². The number of esters is 1. The van der Waals surface area contributed by atoms with Gasteiger partial charge in [0.15, 0.2) is 0 Å². The van der Waals surface area contributed by atoms with Crippen molar-refractivity contribution in [2.75, 3.05) is 12.4 Å². The lowest BCUT2D eigenvalue weighted by Crippen LogP contribution is -2.48. The number of ether oxygens (including phenoxy) is 1. The predicted molar refractivity (Wildman–Crippen MR) is 103 cm³/mol. The lowest BCUT2D eigenvalue weighted by molar-refractivity contribution is -0.121. The number of hydrazone groups is 1. The van der Waals surface area contributed by atoms with Crippen molar-refractivity contribution in [2.45, 2.75) is 18.9 Å². The van der Waals surface area contributed by atoms with Gasteiger partial charge >= 0.3 is 5.97 Å². The Labute approximate surface area is 159 Å². The molecule has 1 aliphatic rings. The van der Waals surface area contributed by atoms with Crippen molar-refractivity contribution in [1.82, 2.24) is 5.43 Å². The topological polar surface area (TPSA) is 79.8 Å². The standard InChI is InChI=1S/C19H18BrN3O3/c1-19(11-16(22-23-19)12-6-4-3-5-7-12)18(25)21-15-9-8-13(20)10-14(15)17(24)26-2/h3-10,23H,11H2,1-2H3,(H,21,25). The molecule has 2 aromatic carbocycles. The van der Waals surface area contributed by atoms with Crippen LogP contribution < -0.4 is 10.7 Å². The zero-order valence-electron chi connectivity index (χ0n) is 14.4. The second-order valence-electron chi connectivity index (χ2n) is 6.18. The van der Waals surface area contributed by atoms with E-state index in [1.165, 1.54) is 7.11 Å². The minimum Gasteiger partial charge on any atom is -0.465 e. The molecule has 1 aliphatic heterocycles. The third-order valence-corrected chi connectivity index (χ3v) is 4.70. The molecule has 0 radical (unpaired) electrons. The molecule has 1 amide bonds. The Hall–Kier alpha value is -2.67. The molecule has 0 saturated heterocycles. The summed E-state index contributed by atoms with van der Waals surface area (Å²) in [5.41, 5.74) is 4.46. The van der Waals surface area contributed by atoms with Gasteiger partial charge in [0.2, 0.25) is 0 Å². The summed E-state index contributed by atoms with van der Waals surface area (Å²) in [5, 5.41) is 7.13. The van der Waals surface area contributed by atoms with Crippen molar-refractivity contribution in [1.29, 1.82) is 0 Å². The molecule has 0 aromatic heterocycles. The number of benzene rings is 2. The van der Waals surface area contributed by atoms with Gasteiger partial charge in [0.25, 0.3) is 5.91 Å². The van der Waals surface area contributed by atoms with Crippen LogP contribution >= 0.6 is 15.9 Å². The number of halogens is 1. The summed E-state index contributed by atoms with van der Waals surface area (Å²) in [4.78, 5) is 24.8. The molecule has 0 saturated carbocycles. The van der Waals surface area contributed by atoms with Crippen LogP contribution in [0.15, 0.2) is 58.1 Å². The number of amides is 1. The van der Waals surface area contributed by atoms with Crippen LogP contribution in [0.2, 0.25) is 0 Å². The summed E-state index contributed by atoms with van der Waals surface area (Å²) in [6.07, 6.45) is 0.437.